The summed E-state index contributed by atoms with van der Waals surface area (Å²) in [6, 6.07) is 5.41. The summed E-state index contributed by atoms with van der Waals surface area (Å²) in [5.41, 5.74) is -0.164. The van der Waals surface area contributed by atoms with Crippen molar-refractivity contribution in [3.8, 4) is 5.75 Å². The molecule has 0 atom stereocenters. The zero-order valence-corrected chi connectivity index (χ0v) is 15.1. The van der Waals surface area contributed by atoms with Gasteiger partial charge in [-0.1, -0.05) is 0 Å². The van der Waals surface area contributed by atoms with Gasteiger partial charge in [-0.3, -0.25) is 19.0 Å². The Bertz CT molecular complexity index is 1060. The molecule has 1 aromatic carbocycles. The van der Waals surface area contributed by atoms with Crippen molar-refractivity contribution in [3.63, 3.8) is 0 Å². The number of ketones is 1. The summed E-state index contributed by atoms with van der Waals surface area (Å²) in [5, 5.41) is 2.26. The Morgan fingerprint density at radius 3 is 2.85 bits per heavy atom. The van der Waals surface area contributed by atoms with Crippen molar-refractivity contribution < 1.29 is 23.5 Å². The SMILES string of the molecule is COc1ccc(C(=O)COC(=O)CCn2cnc3sccc3c2=O)cc1F. The van der Waals surface area contributed by atoms with Gasteiger partial charge in [0, 0.05) is 12.1 Å². The second-order valence-corrected chi connectivity index (χ2v) is 6.46. The smallest absolute Gasteiger partial charge is 0.308 e. The van der Waals surface area contributed by atoms with Gasteiger partial charge in [0.25, 0.3) is 5.56 Å². The number of carbonyl (C=O) groups excluding carboxylic acids is 2. The zero-order chi connectivity index (χ0) is 19.4. The van der Waals surface area contributed by atoms with Gasteiger partial charge >= 0.3 is 5.97 Å². The zero-order valence-electron chi connectivity index (χ0n) is 14.3. The molecule has 0 amide bonds. The van der Waals surface area contributed by atoms with Gasteiger partial charge in [0.2, 0.25) is 0 Å². The maximum atomic E-state index is 13.6. The fraction of sp³-hybridized carbons (Fsp3) is 0.222. The molecule has 0 saturated carbocycles. The monoisotopic (exact) mass is 390 g/mol. The van der Waals surface area contributed by atoms with E-state index in [9.17, 15) is 18.8 Å². The summed E-state index contributed by atoms with van der Waals surface area (Å²) in [6.45, 7) is -0.427. The lowest BCUT2D eigenvalue weighted by molar-refractivity contribution is -0.142. The van der Waals surface area contributed by atoms with Gasteiger partial charge in [-0.15, -0.1) is 11.3 Å². The number of aryl methyl sites for hydroxylation is 1. The van der Waals surface area contributed by atoms with E-state index < -0.39 is 24.2 Å². The first-order chi connectivity index (χ1) is 13.0. The molecule has 7 nitrogen and oxygen atoms in total. The van der Waals surface area contributed by atoms with E-state index >= 15 is 0 Å². The number of rotatable bonds is 7. The van der Waals surface area contributed by atoms with Crippen molar-refractivity contribution in [2.75, 3.05) is 13.7 Å². The molecule has 140 valence electrons. The second kappa shape index (κ2) is 8.09. The minimum absolute atomic E-state index is 0.0187. The Labute approximate surface area is 157 Å². The minimum Gasteiger partial charge on any atom is -0.494 e. The van der Waals surface area contributed by atoms with Crippen LogP contribution in [0.4, 0.5) is 4.39 Å². The molecule has 0 aliphatic carbocycles. The van der Waals surface area contributed by atoms with Crippen LogP contribution < -0.4 is 10.3 Å². The largest absolute Gasteiger partial charge is 0.494 e. The molecule has 0 aliphatic heterocycles. The maximum absolute atomic E-state index is 13.6. The third-order valence-corrected chi connectivity index (χ3v) is 4.67. The van der Waals surface area contributed by atoms with Crippen LogP contribution in [-0.4, -0.2) is 35.0 Å². The predicted octanol–water partition coefficient (Wildman–Crippen LogP) is 2.42. The average Bonchev–Trinajstić information content (AvgIpc) is 3.15. The molecule has 2 aromatic heterocycles. The van der Waals surface area contributed by atoms with Crippen molar-refractivity contribution in [3.05, 3.63) is 57.7 Å². The number of carbonyl (C=O) groups is 2. The summed E-state index contributed by atoms with van der Waals surface area (Å²) < 4.78 is 24.6. The van der Waals surface area contributed by atoms with E-state index in [4.69, 9.17) is 9.47 Å². The molecule has 27 heavy (non-hydrogen) atoms. The lowest BCUT2D eigenvalue weighted by Gasteiger charge is -2.07. The highest BCUT2D eigenvalue weighted by Gasteiger charge is 2.13. The first-order valence-corrected chi connectivity index (χ1v) is 8.82. The predicted molar refractivity (Wildman–Crippen MR) is 96.7 cm³/mol. The highest BCUT2D eigenvalue weighted by atomic mass is 32.1. The van der Waals surface area contributed by atoms with Crippen LogP contribution >= 0.6 is 11.3 Å². The van der Waals surface area contributed by atoms with Crippen molar-refractivity contribution in [1.29, 1.82) is 0 Å². The van der Waals surface area contributed by atoms with E-state index in [-0.39, 0.29) is 29.8 Å². The number of hydrogen-bond donors (Lipinski definition) is 0. The van der Waals surface area contributed by atoms with E-state index in [0.717, 1.165) is 6.07 Å². The molecular weight excluding hydrogens is 375 g/mol. The van der Waals surface area contributed by atoms with E-state index in [1.165, 1.54) is 41.5 Å². The fourth-order valence-electron chi connectivity index (χ4n) is 2.41. The van der Waals surface area contributed by atoms with Crippen LogP contribution in [0.1, 0.15) is 16.8 Å². The Morgan fingerprint density at radius 1 is 1.30 bits per heavy atom. The van der Waals surface area contributed by atoms with Gasteiger partial charge in [0.1, 0.15) is 4.83 Å². The van der Waals surface area contributed by atoms with Crippen LogP contribution in [0.15, 0.2) is 40.8 Å². The van der Waals surface area contributed by atoms with Gasteiger partial charge in [-0.05, 0) is 29.6 Å². The standard InChI is InChI=1S/C18H15FN2O5S/c1-25-15-3-2-11(8-13(15)19)14(22)9-26-16(23)4-6-21-10-20-17-12(18(21)24)5-7-27-17/h2-3,5,7-8,10H,4,6,9H2,1H3. The lowest BCUT2D eigenvalue weighted by atomic mass is 10.1. The van der Waals surface area contributed by atoms with Crippen molar-refractivity contribution >= 4 is 33.3 Å². The molecule has 0 N–H and O–H groups in total. The van der Waals surface area contributed by atoms with Crippen molar-refractivity contribution in [2.45, 2.75) is 13.0 Å². The molecule has 3 aromatic rings. The summed E-state index contributed by atoms with van der Waals surface area (Å²) >= 11 is 1.36. The van der Waals surface area contributed by atoms with Gasteiger partial charge in [0.05, 0.1) is 25.2 Å². The number of Topliss-reactive ketones (excluding diaryl/α,β-unsaturated/α-hetero) is 1. The minimum atomic E-state index is -0.676. The van der Waals surface area contributed by atoms with Crippen molar-refractivity contribution in [2.24, 2.45) is 0 Å². The quantitative estimate of drug-likeness (QED) is 0.455. The number of hydrogen-bond acceptors (Lipinski definition) is 7. The van der Waals surface area contributed by atoms with Crippen LogP contribution in [0, 0.1) is 5.82 Å². The van der Waals surface area contributed by atoms with E-state index in [1.807, 2.05) is 0 Å². The molecule has 0 saturated heterocycles. The van der Waals surface area contributed by atoms with Gasteiger partial charge in [0.15, 0.2) is 24.0 Å². The number of thiophene rings is 1. The molecule has 0 aliphatic rings. The molecule has 3 rings (SSSR count). The number of esters is 1. The molecule has 0 unspecified atom stereocenters. The Hall–Kier alpha value is -3.07. The number of halogens is 1. The molecule has 2 heterocycles. The number of fused-ring (bicyclic) bond motifs is 1. The summed E-state index contributed by atoms with van der Waals surface area (Å²) in [6.07, 6.45) is 1.28. The number of aromatic nitrogens is 2. The van der Waals surface area contributed by atoms with E-state index in [1.54, 1.807) is 11.4 Å². The molecule has 0 bridgehead atoms. The van der Waals surface area contributed by atoms with Crippen LogP contribution in [-0.2, 0) is 16.1 Å². The van der Waals surface area contributed by atoms with Crippen LogP contribution in [0.3, 0.4) is 0 Å². The highest BCUT2D eigenvalue weighted by molar-refractivity contribution is 7.16. The van der Waals surface area contributed by atoms with Crippen LogP contribution in [0.25, 0.3) is 10.2 Å². The fourth-order valence-corrected chi connectivity index (χ4v) is 3.13. The summed E-state index contributed by atoms with van der Waals surface area (Å²) in [4.78, 5) is 40.8. The number of ether oxygens (including phenoxy) is 2. The first-order valence-electron chi connectivity index (χ1n) is 7.94. The second-order valence-electron chi connectivity index (χ2n) is 5.57. The first kappa shape index (κ1) is 18.7. The van der Waals surface area contributed by atoms with Crippen LogP contribution in [0.2, 0.25) is 0 Å². The Morgan fingerprint density at radius 2 is 2.11 bits per heavy atom. The Kier molecular flexibility index (Phi) is 5.60. The van der Waals surface area contributed by atoms with Gasteiger partial charge in [-0.2, -0.15) is 0 Å². The van der Waals surface area contributed by atoms with Gasteiger partial charge in [-0.25, -0.2) is 9.37 Å². The average molecular weight is 390 g/mol. The molecule has 0 fully saturated rings. The van der Waals surface area contributed by atoms with E-state index in [0.29, 0.717) is 10.2 Å². The normalized spacial score (nSPS) is 10.7. The molecule has 0 radical (unpaired) electrons. The summed E-state index contributed by atoms with van der Waals surface area (Å²) in [7, 11) is 1.32. The number of benzene rings is 1. The number of nitrogens with zero attached hydrogens (tertiary/aromatic N) is 2. The van der Waals surface area contributed by atoms with E-state index in [2.05, 4.69) is 4.98 Å². The van der Waals surface area contributed by atoms with Gasteiger partial charge < -0.3 is 9.47 Å². The third kappa shape index (κ3) is 4.20. The van der Waals surface area contributed by atoms with Crippen LogP contribution in [0.5, 0.6) is 5.75 Å². The number of methoxy groups -OCH3 is 1. The molecule has 0 spiro atoms. The molecular formula is C18H15FN2O5S. The Balaban J connectivity index is 1.54. The summed E-state index contributed by atoms with van der Waals surface area (Å²) in [5.74, 6) is -1.84. The third-order valence-electron chi connectivity index (χ3n) is 3.85. The topological polar surface area (TPSA) is 87.5 Å². The maximum Gasteiger partial charge on any atom is 0.308 e. The lowest BCUT2D eigenvalue weighted by Crippen LogP contribution is -2.22. The molecule has 9 heteroatoms. The van der Waals surface area contributed by atoms with Crippen molar-refractivity contribution in [1.82, 2.24) is 9.55 Å². The highest BCUT2D eigenvalue weighted by Crippen LogP contribution is 2.18.